The summed E-state index contributed by atoms with van der Waals surface area (Å²) in [5, 5.41) is 3.64. The molecule has 0 spiro atoms. The van der Waals surface area contributed by atoms with Crippen LogP contribution >= 0.6 is 11.6 Å². The summed E-state index contributed by atoms with van der Waals surface area (Å²) < 4.78 is 0. The van der Waals surface area contributed by atoms with Gasteiger partial charge in [-0.3, -0.25) is 0 Å². The minimum Gasteiger partial charge on any atom is -0.378 e. The van der Waals surface area contributed by atoms with Crippen LogP contribution in [0.2, 0.25) is 5.15 Å². The first-order chi connectivity index (χ1) is 8.54. The Morgan fingerprint density at radius 3 is 2.33 bits per heavy atom. The van der Waals surface area contributed by atoms with Crippen molar-refractivity contribution in [3.05, 3.63) is 41.3 Å². The van der Waals surface area contributed by atoms with Crippen LogP contribution in [0.1, 0.15) is 5.82 Å². The fraction of sp³-hybridized carbons (Fsp3) is 0.231. The van der Waals surface area contributed by atoms with Crippen LogP contribution in [0, 0.1) is 6.92 Å². The van der Waals surface area contributed by atoms with E-state index < -0.39 is 0 Å². The summed E-state index contributed by atoms with van der Waals surface area (Å²) in [5.41, 5.74) is 2.12. The van der Waals surface area contributed by atoms with Crippen molar-refractivity contribution in [3.8, 4) is 0 Å². The third-order valence-electron chi connectivity index (χ3n) is 2.46. The quantitative estimate of drug-likeness (QED) is 0.862. The Hall–Kier alpha value is -1.81. The number of nitrogens with zero attached hydrogens (tertiary/aromatic N) is 3. The molecule has 94 valence electrons. The molecular weight excluding hydrogens is 248 g/mol. The predicted molar refractivity (Wildman–Crippen MR) is 75.8 cm³/mol. The maximum absolute atomic E-state index is 5.89. The fourth-order valence-corrected chi connectivity index (χ4v) is 1.81. The standard InChI is InChI=1S/C13H15ClN4/c1-9-15-12(14)8-13(16-9)17-10-4-6-11(7-5-10)18(2)3/h4-8H,1-3H3,(H,15,16,17). The number of aromatic nitrogens is 2. The first-order valence-corrected chi connectivity index (χ1v) is 5.98. The molecule has 0 unspecified atom stereocenters. The van der Waals surface area contributed by atoms with E-state index in [2.05, 4.69) is 20.2 Å². The Morgan fingerprint density at radius 1 is 1.11 bits per heavy atom. The Kier molecular flexibility index (Phi) is 3.67. The second-order valence-electron chi connectivity index (χ2n) is 4.19. The van der Waals surface area contributed by atoms with Crippen LogP contribution in [0.25, 0.3) is 0 Å². The van der Waals surface area contributed by atoms with Crippen molar-refractivity contribution in [2.75, 3.05) is 24.3 Å². The van der Waals surface area contributed by atoms with E-state index in [1.807, 2.05) is 45.3 Å². The van der Waals surface area contributed by atoms with Crippen LogP contribution in [-0.2, 0) is 0 Å². The molecule has 1 N–H and O–H groups in total. The number of benzene rings is 1. The smallest absolute Gasteiger partial charge is 0.135 e. The molecule has 0 aliphatic heterocycles. The molecule has 0 bridgehead atoms. The zero-order chi connectivity index (χ0) is 13.1. The van der Waals surface area contributed by atoms with E-state index in [9.17, 15) is 0 Å². The number of hydrogen-bond acceptors (Lipinski definition) is 4. The molecule has 0 aliphatic rings. The first-order valence-electron chi connectivity index (χ1n) is 5.60. The van der Waals surface area contributed by atoms with Crippen molar-refractivity contribution in [3.63, 3.8) is 0 Å². The number of aryl methyl sites for hydroxylation is 1. The summed E-state index contributed by atoms with van der Waals surface area (Å²) in [6.45, 7) is 1.81. The number of hydrogen-bond donors (Lipinski definition) is 1. The van der Waals surface area contributed by atoms with Gasteiger partial charge in [-0.1, -0.05) is 11.6 Å². The molecule has 1 aromatic carbocycles. The van der Waals surface area contributed by atoms with Crippen LogP contribution in [0.4, 0.5) is 17.2 Å². The van der Waals surface area contributed by atoms with Gasteiger partial charge in [-0.05, 0) is 31.2 Å². The summed E-state index contributed by atoms with van der Waals surface area (Å²) in [6.07, 6.45) is 0. The molecule has 0 amide bonds. The number of anilines is 3. The third-order valence-corrected chi connectivity index (χ3v) is 2.66. The van der Waals surface area contributed by atoms with Gasteiger partial charge in [-0.2, -0.15) is 0 Å². The van der Waals surface area contributed by atoms with Crippen molar-refractivity contribution < 1.29 is 0 Å². The maximum Gasteiger partial charge on any atom is 0.135 e. The van der Waals surface area contributed by atoms with Gasteiger partial charge in [0, 0.05) is 31.5 Å². The molecule has 0 fully saturated rings. The number of halogens is 1. The van der Waals surface area contributed by atoms with Crippen molar-refractivity contribution in [1.82, 2.24) is 9.97 Å². The second-order valence-corrected chi connectivity index (χ2v) is 4.58. The van der Waals surface area contributed by atoms with Gasteiger partial charge in [0.15, 0.2) is 0 Å². The molecular formula is C13H15ClN4. The summed E-state index contributed by atoms with van der Waals surface area (Å²) in [5.74, 6) is 1.35. The number of nitrogens with one attached hydrogen (secondary N) is 1. The number of rotatable bonds is 3. The van der Waals surface area contributed by atoms with Gasteiger partial charge in [0.05, 0.1) is 0 Å². The molecule has 2 aromatic rings. The van der Waals surface area contributed by atoms with Gasteiger partial charge in [0.2, 0.25) is 0 Å². The van der Waals surface area contributed by atoms with Crippen LogP contribution < -0.4 is 10.2 Å². The summed E-state index contributed by atoms with van der Waals surface area (Å²) in [7, 11) is 4.02. The highest BCUT2D eigenvalue weighted by molar-refractivity contribution is 6.29. The van der Waals surface area contributed by atoms with Crippen molar-refractivity contribution in [1.29, 1.82) is 0 Å². The normalized spacial score (nSPS) is 10.2. The van der Waals surface area contributed by atoms with Crippen LogP contribution in [0.15, 0.2) is 30.3 Å². The van der Waals surface area contributed by atoms with E-state index in [-0.39, 0.29) is 0 Å². The predicted octanol–water partition coefficient (Wildman–Crippen LogP) is 3.25. The maximum atomic E-state index is 5.89. The van der Waals surface area contributed by atoms with E-state index in [1.165, 1.54) is 0 Å². The largest absolute Gasteiger partial charge is 0.378 e. The van der Waals surface area contributed by atoms with Crippen molar-refractivity contribution in [2.24, 2.45) is 0 Å². The van der Waals surface area contributed by atoms with Crippen LogP contribution in [0.5, 0.6) is 0 Å². The van der Waals surface area contributed by atoms with E-state index >= 15 is 0 Å². The molecule has 2 rings (SSSR count). The Morgan fingerprint density at radius 2 is 1.78 bits per heavy atom. The van der Waals surface area contributed by atoms with Gasteiger partial charge in [-0.25, -0.2) is 9.97 Å². The molecule has 5 heteroatoms. The van der Waals surface area contributed by atoms with Gasteiger partial charge in [0.25, 0.3) is 0 Å². The molecule has 4 nitrogen and oxygen atoms in total. The minimum absolute atomic E-state index is 0.440. The molecule has 0 radical (unpaired) electrons. The lowest BCUT2D eigenvalue weighted by atomic mass is 10.2. The molecule has 1 heterocycles. The van der Waals surface area contributed by atoms with Gasteiger partial charge < -0.3 is 10.2 Å². The minimum atomic E-state index is 0.440. The molecule has 0 atom stereocenters. The lowest BCUT2D eigenvalue weighted by molar-refractivity contribution is 1.06. The van der Waals surface area contributed by atoms with E-state index in [1.54, 1.807) is 6.07 Å². The zero-order valence-corrected chi connectivity index (χ0v) is 11.4. The Balaban J connectivity index is 2.18. The molecule has 0 saturated carbocycles. The topological polar surface area (TPSA) is 41.1 Å². The molecule has 1 aromatic heterocycles. The van der Waals surface area contributed by atoms with Crippen molar-refractivity contribution in [2.45, 2.75) is 6.92 Å². The average Bonchev–Trinajstić information content (AvgIpc) is 2.28. The van der Waals surface area contributed by atoms with Crippen LogP contribution in [-0.4, -0.2) is 24.1 Å². The molecule has 18 heavy (non-hydrogen) atoms. The Bertz CT molecular complexity index is 517. The highest BCUT2D eigenvalue weighted by Crippen LogP contribution is 2.20. The lowest BCUT2D eigenvalue weighted by Gasteiger charge is -2.13. The van der Waals surface area contributed by atoms with Gasteiger partial charge in [-0.15, -0.1) is 0 Å². The monoisotopic (exact) mass is 262 g/mol. The first kappa shape index (κ1) is 12.6. The van der Waals surface area contributed by atoms with Gasteiger partial charge in [0.1, 0.15) is 16.8 Å². The summed E-state index contributed by atoms with van der Waals surface area (Å²) >= 11 is 5.89. The second kappa shape index (κ2) is 5.23. The highest BCUT2D eigenvalue weighted by atomic mass is 35.5. The highest BCUT2D eigenvalue weighted by Gasteiger charge is 2.01. The van der Waals surface area contributed by atoms with E-state index in [0.717, 1.165) is 11.4 Å². The third kappa shape index (κ3) is 3.11. The molecule has 0 aliphatic carbocycles. The SMILES string of the molecule is Cc1nc(Cl)cc(Nc2ccc(N(C)C)cc2)n1. The average molecular weight is 263 g/mol. The van der Waals surface area contributed by atoms with Crippen molar-refractivity contribution >= 4 is 28.8 Å². The van der Waals surface area contributed by atoms with Crippen LogP contribution in [0.3, 0.4) is 0 Å². The summed E-state index contributed by atoms with van der Waals surface area (Å²) in [6, 6.07) is 9.78. The van der Waals surface area contributed by atoms with E-state index in [4.69, 9.17) is 11.6 Å². The van der Waals surface area contributed by atoms with E-state index in [0.29, 0.717) is 16.8 Å². The lowest BCUT2D eigenvalue weighted by Crippen LogP contribution is -2.08. The molecule has 0 saturated heterocycles. The van der Waals surface area contributed by atoms with Gasteiger partial charge >= 0.3 is 0 Å². The zero-order valence-electron chi connectivity index (χ0n) is 10.6. The Labute approximate surface area is 112 Å². The summed E-state index contributed by atoms with van der Waals surface area (Å²) in [4.78, 5) is 10.3. The fourth-order valence-electron chi connectivity index (χ4n) is 1.59.